The van der Waals surface area contributed by atoms with Gasteiger partial charge in [0.25, 0.3) is 0 Å². The van der Waals surface area contributed by atoms with Crippen molar-refractivity contribution >= 4 is 15.6 Å². The maximum absolute atomic E-state index is 12.0. The average molecular weight is 298 g/mol. The molecule has 0 fully saturated rings. The molecule has 1 aromatic rings. The van der Waals surface area contributed by atoms with Gasteiger partial charge in [-0.05, 0) is 32.4 Å². The Labute approximate surface area is 121 Å². The minimum absolute atomic E-state index is 0.0505. The highest BCUT2D eigenvalue weighted by molar-refractivity contribution is 7.91. The Morgan fingerprint density at radius 3 is 2.60 bits per heavy atom. The summed E-state index contributed by atoms with van der Waals surface area (Å²) in [5, 5.41) is 0. The predicted octanol–water partition coefficient (Wildman–Crippen LogP) is 2.87. The number of benzene rings is 1. The van der Waals surface area contributed by atoms with Crippen LogP contribution in [0.1, 0.15) is 44.0 Å². The molecule has 0 saturated heterocycles. The minimum Gasteiger partial charge on any atom is -0.491 e. The van der Waals surface area contributed by atoms with Crippen LogP contribution in [0.5, 0.6) is 5.75 Å². The molecule has 0 radical (unpaired) electrons. The second kappa shape index (κ2) is 7.43. The van der Waals surface area contributed by atoms with Crippen LogP contribution in [0.25, 0.3) is 0 Å². The molecular formula is C15H22O4S. The van der Waals surface area contributed by atoms with E-state index >= 15 is 0 Å². The molecule has 0 atom stereocenters. The molecule has 0 aliphatic heterocycles. The molecule has 0 N–H and O–H groups in total. The number of ketones is 1. The largest absolute Gasteiger partial charge is 0.491 e. The van der Waals surface area contributed by atoms with Gasteiger partial charge in [-0.1, -0.05) is 19.1 Å². The molecule has 0 aliphatic rings. The summed E-state index contributed by atoms with van der Waals surface area (Å²) in [6.07, 6.45) is 0.657. The maximum atomic E-state index is 12.0. The Kier molecular flexibility index (Phi) is 6.20. The molecule has 0 bridgehead atoms. The monoisotopic (exact) mass is 298 g/mol. The molecule has 0 aromatic heterocycles. The van der Waals surface area contributed by atoms with Crippen molar-refractivity contribution in [2.75, 3.05) is 11.5 Å². The van der Waals surface area contributed by atoms with E-state index in [1.54, 1.807) is 31.2 Å². The van der Waals surface area contributed by atoms with Crippen LogP contribution < -0.4 is 4.74 Å². The zero-order valence-electron chi connectivity index (χ0n) is 12.3. The first kappa shape index (κ1) is 16.7. The Morgan fingerprint density at radius 1 is 1.30 bits per heavy atom. The molecule has 5 heteroatoms. The zero-order valence-corrected chi connectivity index (χ0v) is 13.1. The second-order valence-corrected chi connectivity index (χ2v) is 7.43. The number of carbonyl (C=O) groups is 1. The number of sulfone groups is 1. The van der Waals surface area contributed by atoms with Crippen molar-refractivity contribution in [3.05, 3.63) is 29.8 Å². The summed E-state index contributed by atoms with van der Waals surface area (Å²) in [5.74, 6) is 0.800. The van der Waals surface area contributed by atoms with Crippen LogP contribution >= 0.6 is 0 Å². The first-order valence-electron chi connectivity index (χ1n) is 6.84. The fourth-order valence-electron chi connectivity index (χ4n) is 1.76. The molecule has 0 spiro atoms. The van der Waals surface area contributed by atoms with Gasteiger partial charge in [-0.25, -0.2) is 8.42 Å². The van der Waals surface area contributed by atoms with Gasteiger partial charge in [-0.15, -0.1) is 0 Å². The van der Waals surface area contributed by atoms with Crippen molar-refractivity contribution < 1.29 is 17.9 Å². The fraction of sp³-hybridized carbons (Fsp3) is 0.533. The Hall–Kier alpha value is -1.36. The van der Waals surface area contributed by atoms with E-state index in [4.69, 9.17) is 4.74 Å². The summed E-state index contributed by atoms with van der Waals surface area (Å²) in [6.45, 7) is 5.46. The van der Waals surface area contributed by atoms with Gasteiger partial charge in [0.05, 0.1) is 11.9 Å². The maximum Gasteiger partial charge on any atom is 0.163 e. The first-order chi connectivity index (χ1) is 9.34. The molecule has 112 valence electrons. The van der Waals surface area contributed by atoms with Crippen molar-refractivity contribution in [2.45, 2.75) is 39.7 Å². The lowest BCUT2D eigenvalue weighted by atomic mass is 10.1. The average Bonchev–Trinajstić information content (AvgIpc) is 2.38. The lowest BCUT2D eigenvalue weighted by molar-refractivity contribution is 0.0981. The topological polar surface area (TPSA) is 60.4 Å². The highest BCUT2D eigenvalue weighted by atomic mass is 32.2. The second-order valence-electron chi connectivity index (χ2n) is 4.96. The summed E-state index contributed by atoms with van der Waals surface area (Å²) >= 11 is 0. The van der Waals surface area contributed by atoms with Gasteiger partial charge in [0.15, 0.2) is 5.78 Å². The van der Waals surface area contributed by atoms with E-state index in [1.165, 1.54) is 0 Å². The van der Waals surface area contributed by atoms with Crippen molar-refractivity contribution in [3.63, 3.8) is 0 Å². The molecule has 0 saturated carbocycles. The van der Waals surface area contributed by atoms with Crippen LogP contribution in [-0.2, 0) is 9.84 Å². The molecule has 0 heterocycles. The summed E-state index contributed by atoms with van der Waals surface area (Å²) in [5.41, 5.74) is 0.567. The van der Waals surface area contributed by atoms with E-state index in [-0.39, 0.29) is 29.8 Å². The van der Waals surface area contributed by atoms with Crippen LogP contribution in [0.2, 0.25) is 0 Å². The molecule has 1 rings (SSSR count). The summed E-state index contributed by atoms with van der Waals surface area (Å²) < 4.78 is 28.3. The normalized spacial score (nSPS) is 11.6. The Morgan fingerprint density at radius 2 is 2.00 bits per heavy atom. The lowest BCUT2D eigenvalue weighted by Gasteiger charge is -2.10. The van der Waals surface area contributed by atoms with Gasteiger partial charge in [0, 0.05) is 17.7 Å². The predicted molar refractivity (Wildman–Crippen MR) is 80.1 cm³/mol. The molecule has 0 amide bonds. The highest BCUT2D eigenvalue weighted by Gasteiger charge is 2.11. The molecule has 0 unspecified atom stereocenters. The third-order valence-electron chi connectivity index (χ3n) is 2.83. The van der Waals surface area contributed by atoms with Gasteiger partial charge in [0.1, 0.15) is 15.6 Å². The van der Waals surface area contributed by atoms with E-state index in [0.29, 0.717) is 17.7 Å². The Balaban J connectivity index is 2.59. The number of Topliss-reactive ketones (excluding diaryl/α,β-unsaturated/α-hetero) is 1. The third-order valence-corrected chi connectivity index (χ3v) is 4.62. The van der Waals surface area contributed by atoms with Gasteiger partial charge < -0.3 is 4.74 Å². The van der Waals surface area contributed by atoms with Crippen LogP contribution in [-0.4, -0.2) is 31.8 Å². The van der Waals surface area contributed by atoms with E-state index in [2.05, 4.69) is 0 Å². The van der Waals surface area contributed by atoms with Gasteiger partial charge >= 0.3 is 0 Å². The number of ether oxygens (including phenoxy) is 1. The van der Waals surface area contributed by atoms with Crippen LogP contribution in [0.4, 0.5) is 0 Å². The Bertz CT molecular complexity index is 547. The third kappa shape index (κ3) is 5.74. The number of hydrogen-bond acceptors (Lipinski definition) is 4. The van der Waals surface area contributed by atoms with Crippen molar-refractivity contribution in [3.8, 4) is 5.75 Å². The highest BCUT2D eigenvalue weighted by Crippen LogP contribution is 2.16. The van der Waals surface area contributed by atoms with Gasteiger partial charge in [-0.2, -0.15) is 0 Å². The van der Waals surface area contributed by atoms with E-state index < -0.39 is 9.84 Å². The van der Waals surface area contributed by atoms with E-state index in [0.717, 1.165) is 0 Å². The van der Waals surface area contributed by atoms with Crippen molar-refractivity contribution in [1.29, 1.82) is 0 Å². The zero-order chi connectivity index (χ0) is 15.2. The number of carbonyl (C=O) groups excluding carboxylic acids is 1. The standard InChI is InChI=1S/C15H22O4S/c1-4-20(17,18)10-6-9-15(16)13-7-5-8-14(11-13)19-12(2)3/h5,7-8,11-12H,4,6,9-10H2,1-3H3. The molecule has 20 heavy (non-hydrogen) atoms. The van der Waals surface area contributed by atoms with Crippen molar-refractivity contribution in [2.24, 2.45) is 0 Å². The van der Waals surface area contributed by atoms with Crippen LogP contribution in [0.3, 0.4) is 0 Å². The van der Waals surface area contributed by atoms with Crippen LogP contribution in [0.15, 0.2) is 24.3 Å². The summed E-state index contributed by atoms with van der Waals surface area (Å²) in [7, 11) is -3.00. The van der Waals surface area contributed by atoms with Crippen LogP contribution in [0, 0.1) is 0 Å². The molecular weight excluding hydrogens is 276 g/mol. The summed E-state index contributed by atoms with van der Waals surface area (Å²) in [4.78, 5) is 12.0. The molecule has 0 aliphatic carbocycles. The lowest BCUT2D eigenvalue weighted by Crippen LogP contribution is -2.11. The first-order valence-corrected chi connectivity index (χ1v) is 8.66. The van der Waals surface area contributed by atoms with Gasteiger partial charge in [-0.3, -0.25) is 4.79 Å². The number of hydrogen-bond donors (Lipinski definition) is 0. The minimum atomic E-state index is -3.00. The SMILES string of the molecule is CCS(=O)(=O)CCCC(=O)c1cccc(OC(C)C)c1. The van der Waals surface area contributed by atoms with Crippen molar-refractivity contribution in [1.82, 2.24) is 0 Å². The smallest absolute Gasteiger partial charge is 0.163 e. The summed E-state index contributed by atoms with van der Waals surface area (Å²) in [6, 6.07) is 7.01. The quantitative estimate of drug-likeness (QED) is 0.692. The molecule has 1 aromatic carbocycles. The van der Waals surface area contributed by atoms with E-state index in [1.807, 2.05) is 13.8 Å². The van der Waals surface area contributed by atoms with Gasteiger partial charge in [0.2, 0.25) is 0 Å². The van der Waals surface area contributed by atoms with E-state index in [9.17, 15) is 13.2 Å². The fourth-order valence-corrected chi connectivity index (χ4v) is 2.63. The molecule has 4 nitrogen and oxygen atoms in total. The number of rotatable bonds is 8.